The molecule has 0 unspecified atom stereocenters. The van der Waals surface area contributed by atoms with E-state index < -0.39 is 0 Å². The molecule has 1 heterocycles. The fourth-order valence-corrected chi connectivity index (χ4v) is 2.59. The lowest BCUT2D eigenvalue weighted by Crippen LogP contribution is -2.28. The van der Waals surface area contributed by atoms with Gasteiger partial charge in [0.1, 0.15) is 8.72 Å². The molecule has 0 atom stereocenters. The van der Waals surface area contributed by atoms with Gasteiger partial charge in [0, 0.05) is 6.04 Å². The van der Waals surface area contributed by atoms with Gasteiger partial charge in [-0.2, -0.15) is 0 Å². The zero-order valence-corrected chi connectivity index (χ0v) is 11.2. The van der Waals surface area contributed by atoms with E-state index in [0.717, 1.165) is 12.8 Å². The van der Waals surface area contributed by atoms with E-state index in [1.807, 2.05) is 22.6 Å². The third-order valence-corrected chi connectivity index (χ3v) is 4.44. The second kappa shape index (κ2) is 4.82. The lowest BCUT2D eigenvalue weighted by atomic mass is 9.95. The fourth-order valence-electron chi connectivity index (χ4n) is 2.04. The quantitative estimate of drug-likeness (QED) is 0.583. The Morgan fingerprint density at radius 3 is 2.73 bits per heavy atom. The first-order chi connectivity index (χ1) is 7.20. The van der Waals surface area contributed by atoms with Crippen LogP contribution in [-0.2, 0) is 0 Å². The Bertz CT molecular complexity index is 412. The molecule has 1 aromatic rings. The van der Waals surface area contributed by atoms with Gasteiger partial charge >= 0.3 is 0 Å². The van der Waals surface area contributed by atoms with Crippen molar-refractivity contribution in [2.24, 2.45) is 0 Å². The molecule has 1 fully saturated rings. The predicted molar refractivity (Wildman–Crippen MR) is 68.3 cm³/mol. The van der Waals surface area contributed by atoms with E-state index in [1.165, 1.54) is 19.3 Å². The lowest BCUT2D eigenvalue weighted by molar-refractivity contribution is 0.342. The number of hydrogen-bond donors (Lipinski definition) is 0. The number of hydrogen-bond acceptors (Lipinski definition) is 2. The monoisotopic (exact) mass is 338 g/mol. The number of rotatable bonds is 1. The Kier molecular flexibility index (Phi) is 3.66. The number of aromatic nitrogens is 2. The smallest absolute Gasteiger partial charge is 0.268 e. The average molecular weight is 339 g/mol. The van der Waals surface area contributed by atoms with Crippen LogP contribution in [0.3, 0.4) is 0 Å². The van der Waals surface area contributed by atoms with Crippen molar-refractivity contribution < 1.29 is 0 Å². The lowest BCUT2D eigenvalue weighted by Gasteiger charge is -2.23. The Morgan fingerprint density at radius 2 is 2.07 bits per heavy atom. The van der Waals surface area contributed by atoms with Crippen LogP contribution in [0.1, 0.15) is 38.1 Å². The van der Waals surface area contributed by atoms with Crippen molar-refractivity contribution in [3.63, 3.8) is 0 Å². The van der Waals surface area contributed by atoms with Crippen LogP contribution in [0.25, 0.3) is 0 Å². The van der Waals surface area contributed by atoms with Crippen molar-refractivity contribution in [1.29, 1.82) is 0 Å². The van der Waals surface area contributed by atoms with Crippen LogP contribution < -0.4 is 5.56 Å². The second-order valence-corrected chi connectivity index (χ2v) is 5.29. The van der Waals surface area contributed by atoms with Gasteiger partial charge in [0.05, 0.1) is 6.33 Å². The molecule has 0 aliphatic heterocycles. The summed E-state index contributed by atoms with van der Waals surface area (Å²) in [5.74, 6) is 0. The Labute approximate surface area is 107 Å². The first-order valence-corrected chi connectivity index (χ1v) is 6.58. The van der Waals surface area contributed by atoms with E-state index >= 15 is 0 Å². The maximum Gasteiger partial charge on any atom is 0.268 e. The van der Waals surface area contributed by atoms with E-state index in [9.17, 15) is 4.79 Å². The molecule has 1 aromatic heterocycles. The summed E-state index contributed by atoms with van der Waals surface area (Å²) in [5, 5.41) is 0.313. The molecule has 15 heavy (non-hydrogen) atoms. The van der Waals surface area contributed by atoms with Gasteiger partial charge in [-0.3, -0.25) is 9.36 Å². The van der Waals surface area contributed by atoms with Crippen LogP contribution in [-0.4, -0.2) is 9.55 Å². The highest BCUT2D eigenvalue weighted by Gasteiger charge is 2.18. The van der Waals surface area contributed by atoms with Gasteiger partial charge in [0.25, 0.3) is 5.56 Å². The average Bonchev–Trinajstić information content (AvgIpc) is 2.27. The SMILES string of the molecule is O=c1c(I)c(Cl)ncn1C1CCCCC1. The highest BCUT2D eigenvalue weighted by molar-refractivity contribution is 14.1. The molecule has 0 radical (unpaired) electrons. The van der Waals surface area contributed by atoms with Crippen LogP contribution in [0.5, 0.6) is 0 Å². The van der Waals surface area contributed by atoms with Crippen molar-refractivity contribution in [2.45, 2.75) is 38.1 Å². The van der Waals surface area contributed by atoms with E-state index in [1.54, 1.807) is 10.9 Å². The first-order valence-electron chi connectivity index (χ1n) is 5.12. The minimum Gasteiger partial charge on any atom is -0.295 e. The van der Waals surface area contributed by atoms with Gasteiger partial charge in [0.15, 0.2) is 0 Å². The molecule has 1 aliphatic carbocycles. The molecule has 3 nitrogen and oxygen atoms in total. The van der Waals surface area contributed by atoms with E-state index in [-0.39, 0.29) is 5.56 Å². The summed E-state index contributed by atoms with van der Waals surface area (Å²) in [4.78, 5) is 16.0. The second-order valence-electron chi connectivity index (χ2n) is 3.85. The summed E-state index contributed by atoms with van der Waals surface area (Å²) < 4.78 is 2.27. The van der Waals surface area contributed by atoms with Crippen LogP contribution in [0.15, 0.2) is 11.1 Å². The maximum atomic E-state index is 11.9. The van der Waals surface area contributed by atoms with Crippen LogP contribution >= 0.6 is 34.2 Å². The molecular weight excluding hydrogens is 326 g/mol. The molecule has 5 heteroatoms. The Morgan fingerprint density at radius 1 is 1.40 bits per heavy atom. The first kappa shape index (κ1) is 11.4. The van der Waals surface area contributed by atoms with Gasteiger partial charge in [-0.1, -0.05) is 30.9 Å². The van der Waals surface area contributed by atoms with Crippen molar-refractivity contribution in [2.75, 3.05) is 0 Å². The van der Waals surface area contributed by atoms with Gasteiger partial charge < -0.3 is 0 Å². The predicted octanol–water partition coefficient (Wildman–Crippen LogP) is 3.01. The summed E-state index contributed by atoms with van der Waals surface area (Å²) in [6, 6.07) is 0.324. The van der Waals surface area contributed by atoms with E-state index in [2.05, 4.69) is 4.98 Å². The molecule has 0 spiro atoms. The van der Waals surface area contributed by atoms with Crippen molar-refractivity contribution in [3.8, 4) is 0 Å². The summed E-state index contributed by atoms with van der Waals surface area (Å²) in [5.41, 5.74) is 0.00231. The fraction of sp³-hybridized carbons (Fsp3) is 0.600. The van der Waals surface area contributed by atoms with Gasteiger partial charge in [0.2, 0.25) is 0 Å². The van der Waals surface area contributed by atoms with Crippen LogP contribution in [0.4, 0.5) is 0 Å². The molecule has 82 valence electrons. The van der Waals surface area contributed by atoms with Crippen molar-refractivity contribution >= 4 is 34.2 Å². The third-order valence-electron chi connectivity index (χ3n) is 2.87. The van der Waals surface area contributed by atoms with Gasteiger partial charge in [-0.05, 0) is 35.4 Å². The normalized spacial score (nSPS) is 18.0. The third kappa shape index (κ3) is 2.36. The van der Waals surface area contributed by atoms with Crippen LogP contribution in [0, 0.1) is 3.57 Å². The van der Waals surface area contributed by atoms with E-state index in [4.69, 9.17) is 11.6 Å². The standard InChI is InChI=1S/C10H12ClIN2O/c11-9-8(12)10(15)14(6-13-9)7-4-2-1-3-5-7/h6-7H,1-5H2. The molecule has 1 saturated carbocycles. The molecule has 2 rings (SSSR count). The van der Waals surface area contributed by atoms with Crippen molar-refractivity contribution in [3.05, 3.63) is 25.4 Å². The summed E-state index contributed by atoms with van der Waals surface area (Å²) in [6.45, 7) is 0. The highest BCUT2D eigenvalue weighted by atomic mass is 127. The molecule has 1 aliphatic rings. The zero-order chi connectivity index (χ0) is 10.8. The molecule has 0 saturated heterocycles. The summed E-state index contributed by atoms with van der Waals surface area (Å²) in [6.07, 6.45) is 7.44. The maximum absolute atomic E-state index is 11.9. The topological polar surface area (TPSA) is 34.9 Å². The van der Waals surface area contributed by atoms with Crippen LogP contribution in [0.2, 0.25) is 5.15 Å². The minimum atomic E-state index is 0.00231. The van der Waals surface area contributed by atoms with Gasteiger partial charge in [-0.15, -0.1) is 0 Å². The summed E-state index contributed by atoms with van der Waals surface area (Å²) in [7, 11) is 0. The number of halogens is 2. The summed E-state index contributed by atoms with van der Waals surface area (Å²) >= 11 is 7.76. The Balaban J connectivity index is 2.35. The largest absolute Gasteiger partial charge is 0.295 e. The molecule has 0 N–H and O–H groups in total. The zero-order valence-electron chi connectivity index (χ0n) is 8.25. The highest BCUT2D eigenvalue weighted by Crippen LogP contribution is 2.27. The molecular formula is C10H12ClIN2O. The van der Waals surface area contributed by atoms with Crippen molar-refractivity contribution in [1.82, 2.24) is 9.55 Å². The van der Waals surface area contributed by atoms with Gasteiger partial charge in [-0.25, -0.2) is 4.98 Å². The molecule has 0 aromatic carbocycles. The van der Waals surface area contributed by atoms with E-state index in [0.29, 0.717) is 14.8 Å². The molecule has 0 bridgehead atoms. The molecule has 0 amide bonds. The minimum absolute atomic E-state index is 0.00231. The Hall–Kier alpha value is -0.100. The number of nitrogens with zero attached hydrogens (tertiary/aromatic N) is 2.